The summed E-state index contributed by atoms with van der Waals surface area (Å²) < 4.78 is 5.37. The number of benzene rings is 1. The molecule has 0 saturated heterocycles. The maximum absolute atomic E-state index is 6.51. The highest BCUT2D eigenvalue weighted by Crippen LogP contribution is 2.43. The molecule has 1 aliphatic carbocycles. The molecule has 0 aromatic heterocycles. The molecule has 18 heavy (non-hydrogen) atoms. The Kier molecular flexibility index (Phi) is 4.18. The van der Waals surface area contributed by atoms with Crippen LogP contribution in [0.3, 0.4) is 0 Å². The average Bonchev–Trinajstić information content (AvgIpc) is 2.42. The molecule has 2 N–H and O–H groups in total. The zero-order valence-electron chi connectivity index (χ0n) is 11.3. The van der Waals surface area contributed by atoms with E-state index in [1.807, 2.05) is 13.0 Å². The van der Waals surface area contributed by atoms with Crippen LogP contribution in [-0.4, -0.2) is 13.7 Å². The summed E-state index contributed by atoms with van der Waals surface area (Å²) in [5, 5.41) is 0.864. The molecule has 0 bridgehead atoms. The Morgan fingerprint density at radius 1 is 1.28 bits per heavy atom. The molecule has 2 nitrogen and oxygen atoms in total. The predicted octanol–water partition coefficient (Wildman–Crippen LogP) is 3.82. The largest absolute Gasteiger partial charge is 0.497 e. The van der Waals surface area contributed by atoms with Crippen molar-refractivity contribution in [1.29, 1.82) is 0 Å². The van der Waals surface area contributed by atoms with Gasteiger partial charge in [-0.1, -0.05) is 30.9 Å². The van der Waals surface area contributed by atoms with Crippen LogP contribution in [0.5, 0.6) is 5.75 Å². The Morgan fingerprint density at radius 3 is 2.50 bits per heavy atom. The van der Waals surface area contributed by atoms with E-state index in [9.17, 15) is 0 Å². The Balaban J connectivity index is 2.50. The van der Waals surface area contributed by atoms with Crippen LogP contribution >= 0.6 is 11.6 Å². The molecule has 0 atom stereocenters. The molecule has 0 amide bonds. The third kappa shape index (κ3) is 2.36. The highest BCUT2D eigenvalue weighted by atomic mass is 35.5. The Hall–Kier alpha value is -0.730. The van der Waals surface area contributed by atoms with Gasteiger partial charge in [-0.2, -0.15) is 0 Å². The molecule has 1 aromatic carbocycles. The van der Waals surface area contributed by atoms with Crippen molar-refractivity contribution in [1.82, 2.24) is 0 Å². The molecule has 3 heteroatoms. The summed E-state index contributed by atoms with van der Waals surface area (Å²) in [6, 6.07) is 4.06. The summed E-state index contributed by atoms with van der Waals surface area (Å²) in [5.74, 6) is 0.880. The van der Waals surface area contributed by atoms with Gasteiger partial charge in [-0.25, -0.2) is 0 Å². The SMILES string of the molecule is COc1cc(C)c(Cl)c(C2(CN)CCCCC2)c1. The lowest BCUT2D eigenvalue weighted by atomic mass is 9.69. The van der Waals surface area contributed by atoms with Crippen LogP contribution in [0, 0.1) is 6.92 Å². The lowest BCUT2D eigenvalue weighted by Crippen LogP contribution is -2.37. The van der Waals surface area contributed by atoms with E-state index in [1.165, 1.54) is 24.8 Å². The fraction of sp³-hybridized carbons (Fsp3) is 0.600. The van der Waals surface area contributed by atoms with Crippen molar-refractivity contribution in [2.75, 3.05) is 13.7 Å². The molecule has 1 fully saturated rings. The standard InChI is InChI=1S/C15H22ClNO/c1-11-8-12(18-2)9-13(14(11)16)15(10-17)6-4-3-5-7-15/h8-9H,3-7,10,17H2,1-2H3. The lowest BCUT2D eigenvalue weighted by Gasteiger charge is -2.38. The zero-order chi connectivity index (χ0) is 13.2. The molecular weight excluding hydrogens is 246 g/mol. The number of ether oxygens (including phenoxy) is 1. The monoisotopic (exact) mass is 267 g/mol. The summed E-state index contributed by atoms with van der Waals surface area (Å²) in [6.07, 6.45) is 6.06. The third-order valence-corrected chi connectivity index (χ3v) is 4.74. The van der Waals surface area contributed by atoms with Gasteiger partial charge in [-0.3, -0.25) is 0 Å². The molecule has 0 spiro atoms. The van der Waals surface area contributed by atoms with Crippen LogP contribution in [0.1, 0.15) is 43.2 Å². The van der Waals surface area contributed by atoms with Crippen molar-refractivity contribution in [2.24, 2.45) is 5.73 Å². The molecule has 1 aromatic rings. The molecule has 0 unspecified atom stereocenters. The van der Waals surface area contributed by atoms with Crippen molar-refractivity contribution in [3.8, 4) is 5.75 Å². The molecule has 2 rings (SSSR count). The van der Waals surface area contributed by atoms with Crippen LogP contribution in [-0.2, 0) is 5.41 Å². The number of halogens is 1. The quantitative estimate of drug-likeness (QED) is 0.904. The molecule has 0 heterocycles. The van der Waals surface area contributed by atoms with Crippen molar-refractivity contribution >= 4 is 11.6 Å². The maximum Gasteiger partial charge on any atom is 0.119 e. The fourth-order valence-electron chi connectivity index (χ4n) is 3.05. The third-order valence-electron chi connectivity index (χ3n) is 4.24. The van der Waals surface area contributed by atoms with Gasteiger partial charge in [0.25, 0.3) is 0 Å². The molecule has 1 saturated carbocycles. The van der Waals surface area contributed by atoms with Gasteiger partial charge in [0.05, 0.1) is 7.11 Å². The maximum atomic E-state index is 6.51. The van der Waals surface area contributed by atoms with Crippen molar-refractivity contribution < 1.29 is 4.74 Å². The van der Waals surface area contributed by atoms with Gasteiger partial charge >= 0.3 is 0 Å². The first-order valence-corrected chi connectivity index (χ1v) is 7.05. The second-order valence-electron chi connectivity index (χ2n) is 5.35. The van der Waals surface area contributed by atoms with Crippen molar-refractivity contribution in [3.63, 3.8) is 0 Å². The average molecular weight is 268 g/mol. The first-order chi connectivity index (χ1) is 8.63. The first kappa shape index (κ1) is 13.7. The summed E-state index contributed by atoms with van der Waals surface area (Å²) in [6.45, 7) is 2.70. The zero-order valence-corrected chi connectivity index (χ0v) is 12.0. The van der Waals surface area contributed by atoms with E-state index in [1.54, 1.807) is 7.11 Å². The normalized spacial score (nSPS) is 18.7. The minimum Gasteiger partial charge on any atom is -0.497 e. The highest BCUT2D eigenvalue weighted by Gasteiger charge is 2.35. The minimum absolute atomic E-state index is 0.0502. The van der Waals surface area contributed by atoms with Crippen LogP contribution < -0.4 is 10.5 Å². The summed E-state index contributed by atoms with van der Waals surface area (Å²) in [5.41, 5.74) is 8.39. The Bertz CT molecular complexity index is 425. The van der Waals surface area contributed by atoms with E-state index in [-0.39, 0.29) is 5.41 Å². The predicted molar refractivity (Wildman–Crippen MR) is 76.6 cm³/mol. The number of rotatable bonds is 3. The van der Waals surface area contributed by atoms with Gasteiger partial charge in [-0.15, -0.1) is 0 Å². The number of methoxy groups -OCH3 is 1. The molecular formula is C15H22ClNO. The van der Waals surface area contributed by atoms with E-state index in [0.29, 0.717) is 6.54 Å². The second-order valence-corrected chi connectivity index (χ2v) is 5.73. The molecule has 0 aliphatic heterocycles. The van der Waals surface area contributed by atoms with E-state index in [2.05, 4.69) is 6.07 Å². The Labute approximate surface area is 114 Å². The van der Waals surface area contributed by atoms with E-state index < -0.39 is 0 Å². The van der Waals surface area contributed by atoms with Gasteiger partial charge < -0.3 is 10.5 Å². The van der Waals surface area contributed by atoms with Gasteiger partial charge in [0.2, 0.25) is 0 Å². The Morgan fingerprint density at radius 2 is 1.94 bits per heavy atom. The number of hydrogen-bond acceptors (Lipinski definition) is 2. The highest BCUT2D eigenvalue weighted by molar-refractivity contribution is 6.32. The van der Waals surface area contributed by atoms with Gasteiger partial charge in [0.15, 0.2) is 0 Å². The van der Waals surface area contributed by atoms with E-state index >= 15 is 0 Å². The minimum atomic E-state index is 0.0502. The number of aryl methyl sites for hydroxylation is 1. The molecule has 100 valence electrons. The number of hydrogen-bond donors (Lipinski definition) is 1. The van der Waals surface area contributed by atoms with E-state index in [0.717, 1.165) is 29.2 Å². The summed E-state index contributed by atoms with van der Waals surface area (Å²) in [7, 11) is 1.70. The molecule has 0 radical (unpaired) electrons. The van der Waals surface area contributed by atoms with Crippen molar-refractivity contribution in [2.45, 2.75) is 44.4 Å². The number of nitrogens with two attached hydrogens (primary N) is 1. The van der Waals surface area contributed by atoms with Crippen LogP contribution in [0.2, 0.25) is 5.02 Å². The topological polar surface area (TPSA) is 35.2 Å². The van der Waals surface area contributed by atoms with Gasteiger partial charge in [0.1, 0.15) is 5.75 Å². The second kappa shape index (κ2) is 5.50. The van der Waals surface area contributed by atoms with E-state index in [4.69, 9.17) is 22.1 Å². The van der Waals surface area contributed by atoms with Gasteiger partial charge in [0, 0.05) is 17.0 Å². The fourth-order valence-corrected chi connectivity index (χ4v) is 3.36. The van der Waals surface area contributed by atoms with Crippen LogP contribution in [0.4, 0.5) is 0 Å². The lowest BCUT2D eigenvalue weighted by molar-refractivity contribution is 0.299. The van der Waals surface area contributed by atoms with Crippen molar-refractivity contribution in [3.05, 3.63) is 28.3 Å². The van der Waals surface area contributed by atoms with Gasteiger partial charge in [-0.05, 0) is 43.0 Å². The summed E-state index contributed by atoms with van der Waals surface area (Å²) >= 11 is 6.51. The van der Waals surface area contributed by atoms with Crippen LogP contribution in [0.25, 0.3) is 0 Å². The summed E-state index contributed by atoms with van der Waals surface area (Å²) in [4.78, 5) is 0. The first-order valence-electron chi connectivity index (χ1n) is 6.67. The molecule has 1 aliphatic rings. The smallest absolute Gasteiger partial charge is 0.119 e. The van der Waals surface area contributed by atoms with Crippen LogP contribution in [0.15, 0.2) is 12.1 Å².